The Hall–Kier alpha value is -0.975. The predicted molar refractivity (Wildman–Crippen MR) is 76.5 cm³/mol. The van der Waals surface area contributed by atoms with Crippen molar-refractivity contribution in [3.05, 3.63) is 41.0 Å². The van der Waals surface area contributed by atoms with Crippen LogP contribution in [0.15, 0.2) is 24.3 Å². The zero-order chi connectivity index (χ0) is 12.5. The molecule has 1 atom stereocenters. The maximum atomic E-state index is 6.36. The fourth-order valence-electron chi connectivity index (χ4n) is 2.77. The van der Waals surface area contributed by atoms with Crippen molar-refractivity contribution in [3.8, 4) is 0 Å². The molecule has 1 aromatic rings. The van der Waals surface area contributed by atoms with Gasteiger partial charge in [-0.15, -0.1) is 0 Å². The molecular weight excluding hydrogens is 203 g/mol. The molecule has 0 amide bonds. The SMILES string of the molecule is [B][C@@](C)(CCC)CC1=CCc2ccc(C)cc21. The second-order valence-electron chi connectivity index (χ2n) is 5.67. The summed E-state index contributed by atoms with van der Waals surface area (Å²) in [5.74, 6) is 0. The average Bonchev–Trinajstić information content (AvgIpc) is 2.60. The Morgan fingerprint density at radius 2 is 2.12 bits per heavy atom. The molecule has 0 nitrogen and oxygen atoms in total. The summed E-state index contributed by atoms with van der Waals surface area (Å²) >= 11 is 0. The van der Waals surface area contributed by atoms with Crippen molar-refractivity contribution in [2.75, 3.05) is 0 Å². The van der Waals surface area contributed by atoms with E-state index in [9.17, 15) is 0 Å². The largest absolute Gasteiger partial charge is 0.0763 e. The van der Waals surface area contributed by atoms with Gasteiger partial charge in [0.25, 0.3) is 0 Å². The van der Waals surface area contributed by atoms with Gasteiger partial charge in [-0.3, -0.25) is 0 Å². The van der Waals surface area contributed by atoms with Gasteiger partial charge < -0.3 is 0 Å². The van der Waals surface area contributed by atoms with Crippen LogP contribution in [0.3, 0.4) is 0 Å². The molecular formula is C16H21B. The third-order valence-electron chi connectivity index (χ3n) is 3.60. The van der Waals surface area contributed by atoms with Crippen molar-refractivity contribution in [2.24, 2.45) is 0 Å². The minimum absolute atomic E-state index is 0.0636. The highest BCUT2D eigenvalue weighted by atomic mass is 14.2. The summed E-state index contributed by atoms with van der Waals surface area (Å²) in [6, 6.07) is 6.75. The Kier molecular flexibility index (Phi) is 3.46. The van der Waals surface area contributed by atoms with E-state index in [0.29, 0.717) is 0 Å². The third kappa shape index (κ3) is 2.83. The van der Waals surface area contributed by atoms with Gasteiger partial charge in [-0.05, 0) is 36.5 Å². The van der Waals surface area contributed by atoms with Gasteiger partial charge in [0.15, 0.2) is 0 Å². The summed E-state index contributed by atoms with van der Waals surface area (Å²) < 4.78 is 0. The van der Waals surface area contributed by atoms with Crippen molar-refractivity contribution in [2.45, 2.75) is 51.8 Å². The lowest BCUT2D eigenvalue weighted by molar-refractivity contribution is 0.563. The molecule has 2 rings (SSSR count). The molecule has 0 bridgehead atoms. The molecule has 0 unspecified atom stereocenters. The van der Waals surface area contributed by atoms with E-state index >= 15 is 0 Å². The molecule has 0 N–H and O–H groups in total. The molecule has 1 aromatic carbocycles. The molecule has 1 heteroatoms. The molecule has 1 aliphatic rings. The van der Waals surface area contributed by atoms with Crippen LogP contribution in [0.4, 0.5) is 0 Å². The highest BCUT2D eigenvalue weighted by Gasteiger charge is 2.22. The van der Waals surface area contributed by atoms with E-state index in [1.165, 1.54) is 22.3 Å². The fourth-order valence-corrected chi connectivity index (χ4v) is 2.77. The molecule has 17 heavy (non-hydrogen) atoms. The lowest BCUT2D eigenvalue weighted by atomic mass is 9.63. The Morgan fingerprint density at radius 1 is 1.35 bits per heavy atom. The molecule has 0 spiro atoms. The lowest BCUT2D eigenvalue weighted by Gasteiger charge is -2.25. The van der Waals surface area contributed by atoms with E-state index in [1.54, 1.807) is 0 Å². The average molecular weight is 224 g/mol. The number of rotatable bonds is 4. The molecule has 1 aliphatic carbocycles. The Bertz CT molecular complexity index is 441. The first-order chi connectivity index (χ1) is 8.02. The van der Waals surface area contributed by atoms with Crippen LogP contribution in [0.5, 0.6) is 0 Å². The molecule has 0 saturated carbocycles. The molecule has 0 heterocycles. The molecule has 0 fully saturated rings. The Morgan fingerprint density at radius 3 is 2.82 bits per heavy atom. The zero-order valence-electron chi connectivity index (χ0n) is 11.2. The number of hydrogen-bond acceptors (Lipinski definition) is 0. The van der Waals surface area contributed by atoms with Crippen molar-refractivity contribution < 1.29 is 0 Å². The number of allylic oxidation sites excluding steroid dienone is 2. The smallest absolute Gasteiger partial charge is 0.0747 e. The van der Waals surface area contributed by atoms with E-state index in [4.69, 9.17) is 7.85 Å². The van der Waals surface area contributed by atoms with Gasteiger partial charge in [0.2, 0.25) is 0 Å². The summed E-state index contributed by atoms with van der Waals surface area (Å²) in [7, 11) is 6.36. The van der Waals surface area contributed by atoms with Crippen LogP contribution in [0.1, 0.15) is 49.8 Å². The predicted octanol–water partition coefficient (Wildman–Crippen LogP) is 4.47. The third-order valence-corrected chi connectivity index (χ3v) is 3.60. The first-order valence-corrected chi connectivity index (χ1v) is 6.59. The minimum atomic E-state index is -0.0636. The van der Waals surface area contributed by atoms with E-state index in [-0.39, 0.29) is 5.31 Å². The quantitative estimate of drug-likeness (QED) is 0.662. The van der Waals surface area contributed by atoms with Gasteiger partial charge in [-0.2, -0.15) is 0 Å². The number of hydrogen-bond donors (Lipinski definition) is 0. The van der Waals surface area contributed by atoms with E-state index in [2.05, 4.69) is 45.0 Å². The number of benzene rings is 1. The summed E-state index contributed by atoms with van der Waals surface area (Å²) in [5.41, 5.74) is 5.67. The molecule has 88 valence electrons. The van der Waals surface area contributed by atoms with Crippen LogP contribution in [0.25, 0.3) is 5.57 Å². The fraction of sp³-hybridized carbons (Fsp3) is 0.500. The first-order valence-electron chi connectivity index (χ1n) is 6.59. The maximum absolute atomic E-state index is 6.36. The van der Waals surface area contributed by atoms with Crippen LogP contribution in [0.2, 0.25) is 5.31 Å². The zero-order valence-corrected chi connectivity index (χ0v) is 11.2. The summed E-state index contributed by atoms with van der Waals surface area (Å²) in [6.45, 7) is 6.53. The van der Waals surface area contributed by atoms with E-state index in [1.807, 2.05) is 0 Å². The highest BCUT2D eigenvalue weighted by Crippen LogP contribution is 2.41. The van der Waals surface area contributed by atoms with Crippen molar-refractivity contribution in [1.29, 1.82) is 0 Å². The van der Waals surface area contributed by atoms with Gasteiger partial charge in [-0.1, -0.05) is 61.8 Å². The van der Waals surface area contributed by atoms with Gasteiger partial charge in [-0.25, -0.2) is 0 Å². The topological polar surface area (TPSA) is 0 Å². The highest BCUT2D eigenvalue weighted by molar-refractivity contribution is 6.15. The Labute approximate surface area is 107 Å². The first kappa shape index (κ1) is 12.5. The maximum Gasteiger partial charge on any atom is 0.0747 e. The molecule has 2 radical (unpaired) electrons. The number of fused-ring (bicyclic) bond motifs is 1. The second kappa shape index (κ2) is 4.72. The summed E-state index contributed by atoms with van der Waals surface area (Å²) in [6.07, 6.45) is 6.67. The number of aryl methyl sites for hydroxylation is 1. The van der Waals surface area contributed by atoms with Crippen molar-refractivity contribution in [3.63, 3.8) is 0 Å². The summed E-state index contributed by atoms with van der Waals surface area (Å²) in [4.78, 5) is 0. The van der Waals surface area contributed by atoms with Crippen LogP contribution in [0, 0.1) is 6.92 Å². The lowest BCUT2D eigenvalue weighted by Crippen LogP contribution is -2.08. The molecule has 0 aliphatic heterocycles. The standard InChI is InChI=1S/C16H21B/c1-4-9-16(3,17)11-14-8-7-13-6-5-12(2)10-15(13)14/h5-6,8,10H,4,7,9,11H2,1-3H3/t16-/m0/s1. The molecule has 0 aromatic heterocycles. The van der Waals surface area contributed by atoms with E-state index in [0.717, 1.165) is 25.7 Å². The van der Waals surface area contributed by atoms with Crippen LogP contribution in [-0.4, -0.2) is 7.85 Å². The minimum Gasteiger partial charge on any atom is -0.0763 e. The van der Waals surface area contributed by atoms with Crippen LogP contribution < -0.4 is 0 Å². The monoisotopic (exact) mass is 224 g/mol. The van der Waals surface area contributed by atoms with Crippen molar-refractivity contribution >= 4 is 13.4 Å². The normalized spacial score (nSPS) is 17.5. The van der Waals surface area contributed by atoms with Gasteiger partial charge >= 0.3 is 0 Å². The van der Waals surface area contributed by atoms with Gasteiger partial charge in [0.05, 0.1) is 7.85 Å². The van der Waals surface area contributed by atoms with E-state index < -0.39 is 0 Å². The van der Waals surface area contributed by atoms with Crippen LogP contribution >= 0.6 is 0 Å². The summed E-state index contributed by atoms with van der Waals surface area (Å²) in [5, 5.41) is -0.0636. The molecule has 0 saturated heterocycles. The van der Waals surface area contributed by atoms with Crippen LogP contribution in [-0.2, 0) is 6.42 Å². The van der Waals surface area contributed by atoms with Gasteiger partial charge in [0.1, 0.15) is 0 Å². The van der Waals surface area contributed by atoms with Gasteiger partial charge in [0, 0.05) is 0 Å². The Balaban J connectivity index is 2.19. The second-order valence-corrected chi connectivity index (χ2v) is 5.67. The van der Waals surface area contributed by atoms with Crippen molar-refractivity contribution in [1.82, 2.24) is 0 Å².